The minimum atomic E-state index is 0.894. The second-order valence-electron chi connectivity index (χ2n) is 17.5. The summed E-state index contributed by atoms with van der Waals surface area (Å²) in [6.07, 6.45) is 43.2. The van der Waals surface area contributed by atoms with Gasteiger partial charge < -0.3 is 0 Å². The zero-order valence-electron chi connectivity index (χ0n) is 27.6. The first kappa shape index (κ1) is 29.3. The molecule has 0 aromatic carbocycles. The summed E-state index contributed by atoms with van der Waals surface area (Å²) in [4.78, 5) is 6.98. The Morgan fingerprint density at radius 3 is 0.881 bits per heavy atom. The number of nitrogens with zero attached hydrogens (tertiary/aromatic N) is 2. The molecule has 8 rings (SSSR count). The smallest absolute Gasteiger partial charge is 0.0291 e. The van der Waals surface area contributed by atoms with Crippen molar-refractivity contribution < 1.29 is 0 Å². The van der Waals surface area contributed by atoms with Crippen molar-refractivity contribution in [3.8, 4) is 0 Å². The lowest BCUT2D eigenvalue weighted by Crippen LogP contribution is -2.73. The minimum Gasteiger partial charge on any atom is -0.293 e. The SMILES string of the molecule is C1CCC(N(C2CCCCC2)C2C3CCCC4CCC5CCCC(C5C43)C2N(C2CCCCC2)C2CCCCC2)CC1. The van der Waals surface area contributed by atoms with Crippen LogP contribution in [0.5, 0.6) is 0 Å². The molecule has 0 N–H and O–H groups in total. The lowest BCUT2D eigenvalue weighted by atomic mass is 9.45. The van der Waals surface area contributed by atoms with E-state index in [1.54, 1.807) is 51.4 Å². The van der Waals surface area contributed by atoms with Crippen LogP contribution in [0.1, 0.15) is 180 Å². The normalized spacial score (nSPS) is 43.0. The Balaban J connectivity index is 1.26. The van der Waals surface area contributed by atoms with Crippen LogP contribution >= 0.6 is 0 Å². The molecule has 8 aliphatic carbocycles. The summed E-state index contributed by atoms with van der Waals surface area (Å²) in [6, 6.07) is 5.43. The molecule has 0 bridgehead atoms. The highest BCUT2D eigenvalue weighted by atomic mass is 15.3. The number of hydrogen-bond donors (Lipinski definition) is 0. The summed E-state index contributed by atoms with van der Waals surface area (Å²) in [7, 11) is 0. The molecule has 0 aromatic heterocycles. The van der Waals surface area contributed by atoms with Crippen molar-refractivity contribution in [3.05, 3.63) is 0 Å². The van der Waals surface area contributed by atoms with Crippen LogP contribution in [-0.4, -0.2) is 46.1 Å². The van der Waals surface area contributed by atoms with Crippen LogP contribution in [0.2, 0.25) is 0 Å². The van der Waals surface area contributed by atoms with Crippen LogP contribution in [0.25, 0.3) is 0 Å². The molecule has 0 spiro atoms. The molecule has 8 atom stereocenters. The van der Waals surface area contributed by atoms with E-state index in [1.807, 2.05) is 0 Å². The van der Waals surface area contributed by atoms with Crippen LogP contribution in [0.15, 0.2) is 0 Å². The standard InChI is InChI=1S/C40H68N2/c1-5-17-31(18-6-1)41(32-19-7-2-8-20-32)39-35-25-13-15-29-27-28-30-16-14-26-36(38(30)37(29)35)40(39)42(33-21-9-3-10-22-33)34-23-11-4-12-24-34/h29-40H,1-28H2. The van der Waals surface area contributed by atoms with Crippen molar-refractivity contribution in [2.75, 3.05) is 0 Å². The topological polar surface area (TPSA) is 6.48 Å². The Morgan fingerprint density at radius 1 is 0.262 bits per heavy atom. The maximum absolute atomic E-state index is 3.49. The molecule has 8 unspecified atom stereocenters. The van der Waals surface area contributed by atoms with E-state index in [0.717, 1.165) is 71.8 Å². The molecule has 0 heterocycles. The summed E-state index contributed by atoms with van der Waals surface area (Å²) in [5, 5.41) is 0. The summed E-state index contributed by atoms with van der Waals surface area (Å²) in [6.45, 7) is 0. The lowest BCUT2D eigenvalue weighted by molar-refractivity contribution is -0.184. The third-order valence-corrected chi connectivity index (χ3v) is 15.6. The van der Waals surface area contributed by atoms with E-state index in [4.69, 9.17) is 0 Å². The van der Waals surface area contributed by atoms with Crippen molar-refractivity contribution in [1.82, 2.24) is 9.80 Å². The highest BCUT2D eigenvalue weighted by Gasteiger charge is 2.62. The van der Waals surface area contributed by atoms with Gasteiger partial charge >= 0.3 is 0 Å². The van der Waals surface area contributed by atoms with E-state index in [-0.39, 0.29) is 0 Å². The molecule has 2 nitrogen and oxygen atoms in total. The minimum absolute atomic E-state index is 0.894. The summed E-state index contributed by atoms with van der Waals surface area (Å²) < 4.78 is 0. The van der Waals surface area contributed by atoms with Crippen molar-refractivity contribution >= 4 is 0 Å². The molecule has 0 radical (unpaired) electrons. The predicted molar refractivity (Wildman–Crippen MR) is 177 cm³/mol. The van der Waals surface area contributed by atoms with Crippen molar-refractivity contribution in [2.24, 2.45) is 35.5 Å². The Morgan fingerprint density at radius 2 is 0.571 bits per heavy atom. The molecule has 2 heteroatoms. The number of rotatable bonds is 6. The first-order valence-corrected chi connectivity index (χ1v) is 20.4. The lowest BCUT2D eigenvalue weighted by Gasteiger charge is -2.68. The van der Waals surface area contributed by atoms with Crippen LogP contribution in [0.3, 0.4) is 0 Å². The van der Waals surface area contributed by atoms with E-state index in [9.17, 15) is 0 Å². The van der Waals surface area contributed by atoms with Crippen molar-refractivity contribution in [3.63, 3.8) is 0 Å². The Kier molecular flexibility index (Phi) is 9.32. The molecule has 8 fully saturated rings. The van der Waals surface area contributed by atoms with Gasteiger partial charge in [0.2, 0.25) is 0 Å². The van der Waals surface area contributed by atoms with Gasteiger partial charge in [-0.3, -0.25) is 9.80 Å². The molecular formula is C40H68N2. The van der Waals surface area contributed by atoms with Gasteiger partial charge in [-0.05, 0) is 113 Å². The van der Waals surface area contributed by atoms with E-state index < -0.39 is 0 Å². The van der Waals surface area contributed by atoms with E-state index in [2.05, 4.69) is 9.80 Å². The van der Waals surface area contributed by atoms with Crippen LogP contribution in [0.4, 0.5) is 0 Å². The number of hydrogen-bond acceptors (Lipinski definition) is 2. The van der Waals surface area contributed by atoms with Gasteiger partial charge in [0.1, 0.15) is 0 Å². The second-order valence-corrected chi connectivity index (χ2v) is 17.5. The fraction of sp³-hybridized carbons (Fsp3) is 1.00. The van der Waals surface area contributed by atoms with Crippen LogP contribution in [-0.2, 0) is 0 Å². The average Bonchev–Trinajstić information content (AvgIpc) is 3.07. The van der Waals surface area contributed by atoms with Crippen LogP contribution in [0, 0.1) is 35.5 Å². The Hall–Kier alpha value is -0.0800. The van der Waals surface area contributed by atoms with E-state index >= 15 is 0 Å². The van der Waals surface area contributed by atoms with Gasteiger partial charge in [-0.15, -0.1) is 0 Å². The molecule has 42 heavy (non-hydrogen) atoms. The third-order valence-electron chi connectivity index (χ3n) is 15.6. The summed E-state index contributed by atoms with van der Waals surface area (Å²) >= 11 is 0. The van der Waals surface area contributed by atoms with Gasteiger partial charge in [-0.25, -0.2) is 0 Å². The molecule has 0 saturated heterocycles. The third kappa shape index (κ3) is 5.49. The van der Waals surface area contributed by atoms with E-state index in [1.165, 1.54) is 128 Å². The molecule has 0 aromatic rings. The van der Waals surface area contributed by atoms with E-state index in [0.29, 0.717) is 0 Å². The van der Waals surface area contributed by atoms with Gasteiger partial charge in [-0.1, -0.05) is 103 Å². The summed E-state index contributed by atoms with van der Waals surface area (Å²) in [5.74, 6) is 6.42. The average molecular weight is 577 g/mol. The zero-order valence-corrected chi connectivity index (χ0v) is 27.6. The molecular weight excluding hydrogens is 508 g/mol. The summed E-state index contributed by atoms with van der Waals surface area (Å²) in [5.41, 5.74) is 0. The molecule has 238 valence electrons. The predicted octanol–water partition coefficient (Wildman–Crippen LogP) is 10.5. The fourth-order valence-electron chi connectivity index (χ4n) is 14.2. The van der Waals surface area contributed by atoms with Gasteiger partial charge in [-0.2, -0.15) is 0 Å². The van der Waals surface area contributed by atoms with Gasteiger partial charge in [0, 0.05) is 36.3 Å². The molecule has 0 amide bonds. The van der Waals surface area contributed by atoms with Crippen molar-refractivity contribution in [2.45, 2.75) is 216 Å². The molecule has 8 saturated carbocycles. The quantitative estimate of drug-likeness (QED) is 0.310. The monoisotopic (exact) mass is 577 g/mol. The van der Waals surface area contributed by atoms with Crippen LogP contribution < -0.4 is 0 Å². The Bertz CT molecular complexity index is 740. The fourth-order valence-corrected chi connectivity index (χ4v) is 14.2. The van der Waals surface area contributed by atoms with Gasteiger partial charge in [0.25, 0.3) is 0 Å². The highest BCUT2D eigenvalue weighted by Crippen LogP contribution is 2.62. The first-order chi connectivity index (χ1) is 20.9. The van der Waals surface area contributed by atoms with Gasteiger partial charge in [0.15, 0.2) is 0 Å². The first-order valence-electron chi connectivity index (χ1n) is 20.4. The maximum Gasteiger partial charge on any atom is 0.0291 e. The second kappa shape index (κ2) is 13.3. The highest BCUT2D eigenvalue weighted by molar-refractivity contribution is 5.14. The largest absolute Gasteiger partial charge is 0.293 e. The van der Waals surface area contributed by atoms with Crippen molar-refractivity contribution in [1.29, 1.82) is 0 Å². The molecule has 8 aliphatic rings. The molecule has 0 aliphatic heterocycles. The maximum atomic E-state index is 3.49. The zero-order chi connectivity index (χ0) is 27.9. The van der Waals surface area contributed by atoms with Gasteiger partial charge in [0.05, 0.1) is 0 Å². The Labute approximate surface area is 260 Å².